The smallest absolute Gasteiger partial charge is 0.338 e. The van der Waals surface area contributed by atoms with Crippen LogP contribution in [0.1, 0.15) is 43.0 Å². The maximum atomic E-state index is 11.7. The first-order chi connectivity index (χ1) is 12.2. The van der Waals surface area contributed by atoms with Crippen LogP contribution in [0.2, 0.25) is 0 Å². The van der Waals surface area contributed by atoms with E-state index in [4.69, 9.17) is 24.1 Å². The van der Waals surface area contributed by atoms with Crippen molar-refractivity contribution < 1.29 is 28.8 Å². The number of hydrogen-bond acceptors (Lipinski definition) is 6. The van der Waals surface area contributed by atoms with Crippen LogP contribution in [0.15, 0.2) is 24.3 Å². The van der Waals surface area contributed by atoms with Crippen LogP contribution < -0.4 is 0 Å². The fourth-order valence-electron chi connectivity index (χ4n) is 2.05. The molecule has 0 heterocycles. The Kier molecular flexibility index (Phi) is 12.6. The van der Waals surface area contributed by atoms with Crippen LogP contribution in [0.4, 0.5) is 0 Å². The average molecular weight is 354 g/mol. The minimum Gasteiger partial charge on any atom is -0.508 e. The van der Waals surface area contributed by atoms with Gasteiger partial charge >= 0.3 is 5.97 Å². The van der Waals surface area contributed by atoms with Gasteiger partial charge in [0.25, 0.3) is 0 Å². The van der Waals surface area contributed by atoms with Gasteiger partial charge in [0, 0.05) is 6.61 Å². The molecule has 0 fully saturated rings. The summed E-state index contributed by atoms with van der Waals surface area (Å²) in [5.41, 5.74) is 0.399. The van der Waals surface area contributed by atoms with Gasteiger partial charge in [-0.25, -0.2) is 4.79 Å². The van der Waals surface area contributed by atoms with E-state index in [-0.39, 0.29) is 12.4 Å². The zero-order valence-electron chi connectivity index (χ0n) is 15.1. The molecule has 0 spiro atoms. The Hall–Kier alpha value is -1.63. The van der Waals surface area contributed by atoms with Gasteiger partial charge in [0.15, 0.2) is 0 Å². The molecule has 1 aromatic carbocycles. The zero-order valence-corrected chi connectivity index (χ0v) is 15.1. The third kappa shape index (κ3) is 11.5. The van der Waals surface area contributed by atoms with Gasteiger partial charge in [-0.2, -0.15) is 0 Å². The summed E-state index contributed by atoms with van der Waals surface area (Å²) in [6.07, 6.45) is 4.84. The van der Waals surface area contributed by atoms with Crippen LogP contribution in [0.5, 0.6) is 5.75 Å². The Bertz CT molecular complexity index is 446. The van der Waals surface area contributed by atoms with E-state index in [1.165, 1.54) is 43.5 Å². The van der Waals surface area contributed by atoms with E-state index in [0.29, 0.717) is 38.6 Å². The first-order valence-electron chi connectivity index (χ1n) is 8.93. The molecule has 0 saturated heterocycles. The lowest BCUT2D eigenvalue weighted by atomic mass is 10.2. The lowest BCUT2D eigenvalue weighted by Gasteiger charge is -2.07. The highest BCUT2D eigenvalue weighted by molar-refractivity contribution is 5.89. The normalized spacial score (nSPS) is 10.8. The molecular formula is C19H30O6. The summed E-state index contributed by atoms with van der Waals surface area (Å²) >= 11 is 0. The summed E-state index contributed by atoms with van der Waals surface area (Å²) in [5.74, 6) is -0.322. The third-order valence-corrected chi connectivity index (χ3v) is 3.45. The fourth-order valence-corrected chi connectivity index (χ4v) is 2.05. The highest BCUT2D eigenvalue weighted by atomic mass is 16.6. The number of phenolic OH excluding ortho intramolecular Hbond substituents is 1. The highest BCUT2D eigenvalue weighted by Crippen LogP contribution is 2.10. The predicted molar refractivity (Wildman–Crippen MR) is 95.0 cm³/mol. The van der Waals surface area contributed by atoms with Gasteiger partial charge in [-0.3, -0.25) is 0 Å². The number of esters is 1. The molecule has 1 N–H and O–H groups in total. The monoisotopic (exact) mass is 354 g/mol. The van der Waals surface area contributed by atoms with Gasteiger partial charge in [-0.05, 0) is 30.7 Å². The SMILES string of the molecule is CCCCCCOCCOCCOCCOC(=O)c1ccc(O)cc1. The number of aromatic hydroxyl groups is 1. The number of carbonyl (C=O) groups excluding carboxylic acids is 1. The van der Waals surface area contributed by atoms with E-state index in [1.807, 2.05) is 0 Å². The molecule has 0 aliphatic carbocycles. The summed E-state index contributed by atoms with van der Waals surface area (Å²) in [5, 5.41) is 9.16. The summed E-state index contributed by atoms with van der Waals surface area (Å²) in [4.78, 5) is 11.7. The zero-order chi connectivity index (χ0) is 18.2. The number of hydrogen-bond donors (Lipinski definition) is 1. The first kappa shape index (κ1) is 21.4. The van der Waals surface area contributed by atoms with Crippen molar-refractivity contribution in [3.63, 3.8) is 0 Å². The second-order valence-electron chi connectivity index (χ2n) is 5.58. The fraction of sp³-hybridized carbons (Fsp3) is 0.632. The second kappa shape index (κ2) is 14.7. The molecule has 0 aliphatic rings. The van der Waals surface area contributed by atoms with Gasteiger partial charge in [0.05, 0.1) is 38.6 Å². The van der Waals surface area contributed by atoms with Crippen molar-refractivity contribution in [1.82, 2.24) is 0 Å². The Labute approximate surface area is 150 Å². The van der Waals surface area contributed by atoms with Gasteiger partial charge < -0.3 is 24.1 Å². The number of rotatable bonds is 15. The van der Waals surface area contributed by atoms with E-state index < -0.39 is 5.97 Å². The highest BCUT2D eigenvalue weighted by Gasteiger charge is 2.06. The van der Waals surface area contributed by atoms with Crippen LogP contribution in [0, 0.1) is 0 Å². The maximum Gasteiger partial charge on any atom is 0.338 e. The van der Waals surface area contributed by atoms with Crippen molar-refractivity contribution in [2.75, 3.05) is 46.2 Å². The lowest BCUT2D eigenvalue weighted by Crippen LogP contribution is -2.14. The Morgan fingerprint density at radius 2 is 1.36 bits per heavy atom. The molecule has 6 nitrogen and oxygen atoms in total. The standard InChI is InChI=1S/C19H30O6/c1-2-3-4-5-10-22-11-12-23-13-14-24-15-16-25-19(21)17-6-8-18(20)9-7-17/h6-9,20H,2-5,10-16H2,1H3. The van der Waals surface area contributed by atoms with Crippen molar-refractivity contribution in [1.29, 1.82) is 0 Å². The van der Waals surface area contributed by atoms with E-state index in [0.717, 1.165) is 13.0 Å². The summed E-state index contributed by atoms with van der Waals surface area (Å²) < 4.78 is 21.2. The first-order valence-corrected chi connectivity index (χ1v) is 8.93. The van der Waals surface area contributed by atoms with Gasteiger partial charge in [-0.15, -0.1) is 0 Å². The summed E-state index contributed by atoms with van der Waals surface area (Å²) in [6.45, 7) is 5.60. The van der Waals surface area contributed by atoms with Crippen molar-refractivity contribution in [2.45, 2.75) is 32.6 Å². The molecule has 0 radical (unpaired) electrons. The van der Waals surface area contributed by atoms with Gasteiger partial charge in [0.2, 0.25) is 0 Å². The van der Waals surface area contributed by atoms with E-state index in [2.05, 4.69) is 6.92 Å². The molecule has 0 unspecified atom stereocenters. The molecule has 6 heteroatoms. The number of unbranched alkanes of at least 4 members (excludes halogenated alkanes) is 3. The van der Waals surface area contributed by atoms with Crippen molar-refractivity contribution >= 4 is 5.97 Å². The molecule has 1 aromatic rings. The second-order valence-corrected chi connectivity index (χ2v) is 5.58. The molecule has 1 rings (SSSR count). The van der Waals surface area contributed by atoms with Gasteiger partial charge in [0.1, 0.15) is 12.4 Å². The van der Waals surface area contributed by atoms with E-state index in [9.17, 15) is 4.79 Å². The minimum absolute atomic E-state index is 0.113. The molecular weight excluding hydrogens is 324 g/mol. The van der Waals surface area contributed by atoms with Crippen molar-refractivity contribution in [3.05, 3.63) is 29.8 Å². The Morgan fingerprint density at radius 1 is 0.800 bits per heavy atom. The molecule has 0 saturated carbocycles. The van der Waals surface area contributed by atoms with Crippen molar-refractivity contribution in [2.24, 2.45) is 0 Å². The average Bonchev–Trinajstić information content (AvgIpc) is 2.62. The van der Waals surface area contributed by atoms with Crippen LogP contribution in [-0.4, -0.2) is 57.3 Å². The van der Waals surface area contributed by atoms with E-state index in [1.54, 1.807) is 0 Å². The molecule has 25 heavy (non-hydrogen) atoms. The number of benzene rings is 1. The molecule has 0 amide bonds. The maximum absolute atomic E-state index is 11.7. The number of ether oxygens (including phenoxy) is 4. The molecule has 142 valence electrons. The van der Waals surface area contributed by atoms with Crippen LogP contribution in [0.25, 0.3) is 0 Å². The molecule has 0 aliphatic heterocycles. The molecule has 0 atom stereocenters. The van der Waals surface area contributed by atoms with Crippen LogP contribution >= 0.6 is 0 Å². The molecule has 0 bridgehead atoms. The summed E-state index contributed by atoms with van der Waals surface area (Å²) in [6, 6.07) is 5.91. The third-order valence-electron chi connectivity index (χ3n) is 3.45. The quantitative estimate of drug-likeness (QED) is 0.385. The van der Waals surface area contributed by atoms with Crippen molar-refractivity contribution in [3.8, 4) is 5.75 Å². The van der Waals surface area contributed by atoms with E-state index >= 15 is 0 Å². The Balaban J connectivity index is 1.84. The van der Waals surface area contributed by atoms with Gasteiger partial charge in [-0.1, -0.05) is 26.2 Å². The summed E-state index contributed by atoms with van der Waals surface area (Å²) in [7, 11) is 0. The Morgan fingerprint density at radius 3 is 1.96 bits per heavy atom. The van der Waals surface area contributed by atoms with Crippen LogP contribution in [-0.2, 0) is 18.9 Å². The largest absolute Gasteiger partial charge is 0.508 e. The predicted octanol–water partition coefficient (Wildman–Crippen LogP) is 3.18. The molecule has 0 aromatic heterocycles. The minimum atomic E-state index is -0.434. The van der Waals surface area contributed by atoms with Crippen LogP contribution in [0.3, 0.4) is 0 Å². The topological polar surface area (TPSA) is 74.2 Å². The lowest BCUT2D eigenvalue weighted by molar-refractivity contribution is 0.000190. The number of carbonyl (C=O) groups is 1. The number of phenols is 1.